The van der Waals surface area contributed by atoms with Crippen LogP contribution in [0.1, 0.15) is 56.5 Å². The zero-order valence-corrected chi connectivity index (χ0v) is 18.9. The van der Waals surface area contributed by atoms with E-state index in [1.54, 1.807) is 17.0 Å². The molecule has 2 unspecified atom stereocenters. The van der Waals surface area contributed by atoms with Gasteiger partial charge in [0, 0.05) is 32.2 Å². The van der Waals surface area contributed by atoms with Gasteiger partial charge in [0.25, 0.3) is 5.91 Å². The molecule has 174 valence electrons. The van der Waals surface area contributed by atoms with E-state index < -0.39 is 16.9 Å². The third kappa shape index (κ3) is 3.43. The van der Waals surface area contributed by atoms with E-state index >= 15 is 0 Å². The number of nitrogens with zero attached hydrogens (tertiary/aromatic N) is 2. The molecule has 5 aliphatic rings. The topological polar surface area (TPSA) is 103 Å². The molecule has 6 rings (SSSR count). The van der Waals surface area contributed by atoms with Crippen LogP contribution in [-0.2, 0) is 9.59 Å². The van der Waals surface area contributed by atoms with Gasteiger partial charge in [0.05, 0.1) is 17.2 Å². The number of carbonyl (C=O) groups is 3. The fourth-order valence-electron chi connectivity index (χ4n) is 7.02. The summed E-state index contributed by atoms with van der Waals surface area (Å²) in [4.78, 5) is 41.8. The first kappa shape index (κ1) is 21.5. The number of aliphatic carboxylic acids is 1. The van der Waals surface area contributed by atoms with Crippen molar-refractivity contribution in [2.24, 2.45) is 23.2 Å². The first-order chi connectivity index (χ1) is 15.2. The van der Waals surface area contributed by atoms with Gasteiger partial charge in [-0.15, -0.1) is 0 Å². The number of amides is 2. The van der Waals surface area contributed by atoms with Gasteiger partial charge in [-0.3, -0.25) is 19.3 Å². The summed E-state index contributed by atoms with van der Waals surface area (Å²) in [5.41, 5.74) is -1.26. The Kier molecular flexibility index (Phi) is 5.11. The molecule has 1 aromatic rings. The van der Waals surface area contributed by atoms with Gasteiger partial charge in [-0.2, -0.15) is 0 Å². The Labute approximate surface area is 188 Å². The van der Waals surface area contributed by atoms with E-state index in [2.05, 4.69) is 10.2 Å². The van der Waals surface area contributed by atoms with Crippen LogP contribution in [-0.4, -0.2) is 70.4 Å². The van der Waals surface area contributed by atoms with Crippen LogP contribution in [0.5, 0.6) is 0 Å². The number of piperazine rings is 1. The molecule has 8 nitrogen and oxygen atoms in total. The highest BCUT2D eigenvalue weighted by Crippen LogP contribution is 2.60. The maximum absolute atomic E-state index is 13.4. The van der Waals surface area contributed by atoms with Gasteiger partial charge in [0.2, 0.25) is 5.91 Å². The summed E-state index contributed by atoms with van der Waals surface area (Å²) in [7, 11) is 0. The third-order valence-corrected chi connectivity index (χ3v) is 8.67. The molecule has 8 heteroatoms. The van der Waals surface area contributed by atoms with Crippen molar-refractivity contribution < 1.29 is 23.9 Å². The molecule has 1 saturated heterocycles. The number of nitrogens with one attached hydrogen (secondary N) is 1. The van der Waals surface area contributed by atoms with Crippen molar-refractivity contribution in [3.8, 4) is 0 Å². The highest BCUT2D eigenvalue weighted by Gasteiger charge is 2.59. The minimum atomic E-state index is -0.695. The number of carbonyl (C=O) groups excluding carboxylic acids is 2. The van der Waals surface area contributed by atoms with E-state index in [4.69, 9.17) is 4.42 Å². The van der Waals surface area contributed by atoms with Gasteiger partial charge >= 0.3 is 5.97 Å². The Bertz CT molecular complexity index is 887. The Balaban J connectivity index is 1.21. The van der Waals surface area contributed by atoms with Gasteiger partial charge in [0.15, 0.2) is 5.76 Å². The zero-order valence-electron chi connectivity index (χ0n) is 18.9. The van der Waals surface area contributed by atoms with Gasteiger partial charge < -0.3 is 19.7 Å². The van der Waals surface area contributed by atoms with Crippen molar-refractivity contribution in [1.29, 1.82) is 0 Å². The first-order valence-electron chi connectivity index (χ1n) is 11.8. The van der Waals surface area contributed by atoms with E-state index in [0.717, 1.165) is 19.3 Å². The predicted molar refractivity (Wildman–Crippen MR) is 116 cm³/mol. The van der Waals surface area contributed by atoms with Crippen LogP contribution >= 0.6 is 0 Å². The number of rotatable bonds is 5. The molecule has 1 aromatic heterocycles. The molecule has 0 spiro atoms. The average molecular weight is 444 g/mol. The van der Waals surface area contributed by atoms with Gasteiger partial charge in [-0.05, 0) is 75.8 Å². The van der Waals surface area contributed by atoms with Crippen LogP contribution in [0.15, 0.2) is 22.8 Å². The van der Waals surface area contributed by atoms with Crippen LogP contribution in [0.25, 0.3) is 0 Å². The molecule has 5 fully saturated rings. The van der Waals surface area contributed by atoms with E-state index in [0.29, 0.717) is 50.7 Å². The standard InChI is InChI=1S/C24H33N3O5/c1-23(2,27-7-5-26(6-8-27)20(28)18-4-3-9-32-18)21(29)25-19-16-10-15-11-17(19)14-24(12-15,13-16)22(30)31/h3-4,9,15-17,19H,5-8,10-14H2,1-2H3,(H,25,29)(H,30,31). The zero-order chi connectivity index (χ0) is 22.7. The maximum atomic E-state index is 13.4. The summed E-state index contributed by atoms with van der Waals surface area (Å²) in [5.74, 6) is 0.604. The van der Waals surface area contributed by atoms with Crippen molar-refractivity contribution in [2.45, 2.75) is 57.5 Å². The molecular formula is C24H33N3O5. The SMILES string of the molecule is CC(C)(C(=O)NC1C2CC3CC1CC(C(=O)O)(C3)C2)N1CCN(C(=O)c2ccco2)CC1. The summed E-state index contributed by atoms with van der Waals surface area (Å²) in [6, 6.07) is 3.46. The van der Waals surface area contributed by atoms with E-state index in [1.807, 2.05) is 13.8 Å². The van der Waals surface area contributed by atoms with Gasteiger partial charge in [0.1, 0.15) is 0 Å². The Hall–Kier alpha value is -2.35. The number of carboxylic acids is 1. The van der Waals surface area contributed by atoms with Gasteiger partial charge in [-0.1, -0.05) is 0 Å². The van der Waals surface area contributed by atoms with Crippen molar-refractivity contribution in [2.75, 3.05) is 26.2 Å². The van der Waals surface area contributed by atoms with Crippen LogP contribution in [0.4, 0.5) is 0 Å². The van der Waals surface area contributed by atoms with Gasteiger partial charge in [-0.25, -0.2) is 0 Å². The molecule has 1 aliphatic heterocycles. The van der Waals surface area contributed by atoms with Crippen LogP contribution in [0.2, 0.25) is 0 Å². The Morgan fingerprint density at radius 3 is 2.31 bits per heavy atom. The molecule has 0 radical (unpaired) electrons. The highest BCUT2D eigenvalue weighted by molar-refractivity contribution is 5.91. The second-order valence-electron chi connectivity index (χ2n) is 10.9. The van der Waals surface area contributed by atoms with E-state index in [-0.39, 0.29) is 29.7 Å². The predicted octanol–water partition coefficient (Wildman–Crippen LogP) is 2.21. The number of hydrogen-bond donors (Lipinski definition) is 2. The second-order valence-corrected chi connectivity index (χ2v) is 10.9. The molecule has 0 aromatic carbocycles. The van der Waals surface area contributed by atoms with E-state index in [1.165, 1.54) is 6.26 Å². The molecular weight excluding hydrogens is 410 g/mol. The average Bonchev–Trinajstić information content (AvgIpc) is 3.30. The summed E-state index contributed by atoms with van der Waals surface area (Å²) in [5, 5.41) is 13.2. The lowest BCUT2D eigenvalue weighted by Gasteiger charge is -2.58. The minimum absolute atomic E-state index is 0.00478. The van der Waals surface area contributed by atoms with Crippen molar-refractivity contribution in [3.05, 3.63) is 24.2 Å². The fourth-order valence-corrected chi connectivity index (χ4v) is 7.02. The molecule has 4 aliphatic carbocycles. The number of carboxylic acid groups (broad SMARTS) is 1. The normalized spacial score (nSPS) is 34.5. The van der Waals surface area contributed by atoms with Crippen LogP contribution in [0.3, 0.4) is 0 Å². The summed E-state index contributed by atoms with van der Waals surface area (Å²) >= 11 is 0. The highest BCUT2D eigenvalue weighted by atomic mass is 16.4. The lowest BCUT2D eigenvalue weighted by Crippen LogP contribution is -2.66. The summed E-state index contributed by atoms with van der Waals surface area (Å²) < 4.78 is 5.23. The van der Waals surface area contributed by atoms with Crippen molar-refractivity contribution in [3.63, 3.8) is 0 Å². The molecule has 2 amide bonds. The smallest absolute Gasteiger partial charge is 0.309 e. The largest absolute Gasteiger partial charge is 0.481 e. The van der Waals surface area contributed by atoms with Crippen LogP contribution in [0, 0.1) is 23.2 Å². The summed E-state index contributed by atoms with van der Waals surface area (Å²) in [6.45, 7) is 6.23. The van der Waals surface area contributed by atoms with E-state index in [9.17, 15) is 19.5 Å². The summed E-state index contributed by atoms with van der Waals surface area (Å²) in [6.07, 6.45) is 5.75. The second kappa shape index (κ2) is 7.61. The molecule has 32 heavy (non-hydrogen) atoms. The van der Waals surface area contributed by atoms with Crippen molar-refractivity contribution in [1.82, 2.24) is 15.1 Å². The third-order valence-electron chi connectivity index (χ3n) is 8.67. The molecule has 2 N–H and O–H groups in total. The first-order valence-corrected chi connectivity index (χ1v) is 11.8. The minimum Gasteiger partial charge on any atom is -0.481 e. The quantitative estimate of drug-likeness (QED) is 0.723. The maximum Gasteiger partial charge on any atom is 0.309 e. The monoisotopic (exact) mass is 443 g/mol. The molecule has 2 heterocycles. The lowest BCUT2D eigenvalue weighted by atomic mass is 9.48. The molecule has 2 atom stereocenters. The number of furan rings is 1. The number of hydrogen-bond acceptors (Lipinski definition) is 5. The molecule has 4 bridgehead atoms. The molecule has 4 saturated carbocycles. The Morgan fingerprint density at radius 1 is 1.09 bits per heavy atom. The lowest BCUT2D eigenvalue weighted by molar-refractivity contribution is -0.168. The van der Waals surface area contributed by atoms with Crippen LogP contribution < -0.4 is 5.32 Å². The fraction of sp³-hybridized carbons (Fsp3) is 0.708. The Morgan fingerprint density at radius 2 is 1.75 bits per heavy atom. The van der Waals surface area contributed by atoms with Crippen molar-refractivity contribution >= 4 is 17.8 Å².